The van der Waals surface area contributed by atoms with Crippen molar-refractivity contribution in [1.82, 2.24) is 30.0 Å². The maximum absolute atomic E-state index is 12.3. The van der Waals surface area contributed by atoms with Crippen molar-refractivity contribution in [2.24, 2.45) is 0 Å². The first-order chi connectivity index (χ1) is 11.2. The molecule has 9 heteroatoms. The smallest absolute Gasteiger partial charge is 0.257 e. The van der Waals surface area contributed by atoms with Crippen molar-refractivity contribution < 1.29 is 14.0 Å². The van der Waals surface area contributed by atoms with Gasteiger partial charge in [0.15, 0.2) is 0 Å². The third-order valence-electron chi connectivity index (χ3n) is 3.85. The molecule has 0 aromatic carbocycles. The van der Waals surface area contributed by atoms with Gasteiger partial charge >= 0.3 is 0 Å². The molecule has 2 aromatic rings. The second kappa shape index (κ2) is 7.03. The van der Waals surface area contributed by atoms with Crippen molar-refractivity contribution in [1.29, 1.82) is 0 Å². The van der Waals surface area contributed by atoms with Crippen LogP contribution in [-0.4, -0.2) is 68.0 Å². The summed E-state index contributed by atoms with van der Waals surface area (Å²) in [6, 6.07) is 1.66. The van der Waals surface area contributed by atoms with E-state index in [-0.39, 0.29) is 11.8 Å². The highest BCUT2D eigenvalue weighted by molar-refractivity contribution is 5.93. The molecule has 3 heterocycles. The molecule has 0 aliphatic carbocycles. The van der Waals surface area contributed by atoms with Crippen molar-refractivity contribution in [3.05, 3.63) is 30.5 Å². The van der Waals surface area contributed by atoms with Crippen LogP contribution in [0.15, 0.2) is 29.3 Å². The molecule has 2 aromatic heterocycles. The number of hydrogen-bond donors (Lipinski definition) is 0. The number of aryl methyl sites for hydroxylation is 1. The van der Waals surface area contributed by atoms with Crippen LogP contribution < -0.4 is 0 Å². The van der Waals surface area contributed by atoms with Gasteiger partial charge in [0.25, 0.3) is 5.91 Å². The van der Waals surface area contributed by atoms with Crippen molar-refractivity contribution in [2.75, 3.05) is 26.2 Å². The van der Waals surface area contributed by atoms with E-state index >= 15 is 0 Å². The highest BCUT2D eigenvalue weighted by atomic mass is 16.3. The molecule has 0 bridgehead atoms. The fraction of sp³-hybridized carbons (Fsp3) is 0.500. The number of nitrogens with zero attached hydrogens (tertiary/aromatic N) is 6. The average molecular weight is 318 g/mol. The first-order valence-corrected chi connectivity index (χ1v) is 7.54. The van der Waals surface area contributed by atoms with Crippen LogP contribution in [0.2, 0.25) is 0 Å². The summed E-state index contributed by atoms with van der Waals surface area (Å²) in [5.74, 6) is -0.000140. The minimum absolute atomic E-state index is 0.0538. The van der Waals surface area contributed by atoms with Crippen molar-refractivity contribution in [3.63, 3.8) is 0 Å². The third-order valence-corrected chi connectivity index (χ3v) is 3.85. The number of carbonyl (C=O) groups is 2. The number of aromatic nitrogens is 4. The monoisotopic (exact) mass is 318 g/mol. The van der Waals surface area contributed by atoms with E-state index in [0.717, 1.165) is 6.42 Å². The quantitative estimate of drug-likeness (QED) is 0.789. The molecular formula is C14H18N6O3. The van der Waals surface area contributed by atoms with Gasteiger partial charge in [-0.3, -0.25) is 9.59 Å². The minimum atomic E-state index is -0.0539. The lowest BCUT2D eigenvalue weighted by atomic mass is 10.3. The molecular weight excluding hydrogens is 300 g/mol. The Morgan fingerprint density at radius 1 is 1.17 bits per heavy atom. The summed E-state index contributed by atoms with van der Waals surface area (Å²) in [6.45, 7) is 2.82. The van der Waals surface area contributed by atoms with Gasteiger partial charge in [-0.1, -0.05) is 0 Å². The van der Waals surface area contributed by atoms with Crippen molar-refractivity contribution >= 4 is 11.8 Å². The standard InChI is InChI=1S/C14H18N6O3/c21-13(2-6-20-11-15-16-17-20)18-4-1-5-19(8-7-18)14(22)12-3-9-23-10-12/h3,9-11H,1-2,4-8H2. The van der Waals surface area contributed by atoms with Crippen LogP contribution in [0.5, 0.6) is 0 Å². The van der Waals surface area contributed by atoms with Gasteiger partial charge in [-0.2, -0.15) is 0 Å². The number of tetrazole rings is 1. The maximum atomic E-state index is 12.3. The zero-order valence-electron chi connectivity index (χ0n) is 12.7. The van der Waals surface area contributed by atoms with Crippen molar-refractivity contribution in [2.45, 2.75) is 19.4 Å². The first-order valence-electron chi connectivity index (χ1n) is 7.54. The molecule has 0 N–H and O–H groups in total. The summed E-state index contributed by atoms with van der Waals surface area (Å²) < 4.78 is 6.49. The van der Waals surface area contributed by atoms with Gasteiger partial charge in [-0.05, 0) is 22.9 Å². The fourth-order valence-corrected chi connectivity index (χ4v) is 2.59. The molecule has 9 nitrogen and oxygen atoms in total. The lowest BCUT2D eigenvalue weighted by Crippen LogP contribution is -2.37. The van der Waals surface area contributed by atoms with E-state index < -0.39 is 0 Å². The largest absolute Gasteiger partial charge is 0.472 e. The predicted octanol–water partition coefficient (Wildman–Crippen LogP) is 0.0309. The second-order valence-electron chi connectivity index (χ2n) is 5.36. The molecule has 0 atom stereocenters. The van der Waals surface area contributed by atoms with Gasteiger partial charge in [0.05, 0.1) is 18.4 Å². The summed E-state index contributed by atoms with van der Waals surface area (Å²) in [5, 5.41) is 10.8. The van der Waals surface area contributed by atoms with Gasteiger partial charge in [0, 0.05) is 32.6 Å². The Kier molecular flexibility index (Phi) is 4.65. The summed E-state index contributed by atoms with van der Waals surface area (Å²) >= 11 is 0. The Balaban J connectivity index is 1.51. The average Bonchev–Trinajstić information content (AvgIpc) is 3.22. The van der Waals surface area contributed by atoms with Gasteiger partial charge < -0.3 is 14.2 Å². The predicted molar refractivity (Wildman–Crippen MR) is 78.2 cm³/mol. The Morgan fingerprint density at radius 3 is 2.74 bits per heavy atom. The minimum Gasteiger partial charge on any atom is -0.472 e. The topological polar surface area (TPSA) is 97.4 Å². The van der Waals surface area contributed by atoms with E-state index in [0.29, 0.717) is 44.7 Å². The summed E-state index contributed by atoms with van der Waals surface area (Å²) in [6.07, 6.45) is 5.53. The summed E-state index contributed by atoms with van der Waals surface area (Å²) in [7, 11) is 0. The van der Waals surface area contributed by atoms with E-state index in [1.807, 2.05) is 0 Å². The molecule has 2 amide bonds. The van der Waals surface area contributed by atoms with Crippen LogP contribution in [0.4, 0.5) is 0 Å². The Bertz CT molecular complexity index is 640. The molecule has 0 spiro atoms. The van der Waals surface area contributed by atoms with E-state index in [4.69, 9.17) is 4.42 Å². The molecule has 1 aliphatic heterocycles. The highest BCUT2D eigenvalue weighted by Crippen LogP contribution is 2.10. The molecule has 122 valence electrons. The van der Waals surface area contributed by atoms with Gasteiger partial charge in [0.2, 0.25) is 5.91 Å². The van der Waals surface area contributed by atoms with Crippen LogP contribution in [0.3, 0.4) is 0 Å². The van der Waals surface area contributed by atoms with Gasteiger partial charge in [0.1, 0.15) is 12.6 Å². The highest BCUT2D eigenvalue weighted by Gasteiger charge is 2.23. The lowest BCUT2D eigenvalue weighted by Gasteiger charge is -2.21. The zero-order valence-corrected chi connectivity index (χ0v) is 12.7. The molecule has 0 unspecified atom stereocenters. The second-order valence-corrected chi connectivity index (χ2v) is 5.36. The lowest BCUT2D eigenvalue weighted by molar-refractivity contribution is -0.131. The van der Waals surface area contributed by atoms with Crippen LogP contribution in [0.25, 0.3) is 0 Å². The summed E-state index contributed by atoms with van der Waals surface area (Å²) in [4.78, 5) is 28.1. The van der Waals surface area contributed by atoms with Crippen LogP contribution in [0.1, 0.15) is 23.2 Å². The first kappa shape index (κ1) is 15.2. The van der Waals surface area contributed by atoms with Gasteiger partial charge in [-0.25, -0.2) is 4.68 Å². The number of hydrogen-bond acceptors (Lipinski definition) is 6. The van der Waals surface area contributed by atoms with E-state index in [2.05, 4.69) is 15.5 Å². The molecule has 1 saturated heterocycles. The number of amides is 2. The van der Waals surface area contributed by atoms with Gasteiger partial charge in [-0.15, -0.1) is 5.10 Å². The van der Waals surface area contributed by atoms with E-state index in [1.54, 1.807) is 15.9 Å². The molecule has 0 radical (unpaired) electrons. The molecule has 1 aliphatic rings. The summed E-state index contributed by atoms with van der Waals surface area (Å²) in [5.41, 5.74) is 0.545. The number of rotatable bonds is 4. The van der Waals surface area contributed by atoms with Crippen molar-refractivity contribution in [3.8, 4) is 0 Å². The molecule has 3 rings (SSSR count). The molecule has 23 heavy (non-hydrogen) atoms. The molecule has 1 fully saturated rings. The Labute approximate surface area is 132 Å². The fourth-order valence-electron chi connectivity index (χ4n) is 2.59. The number of furan rings is 1. The Morgan fingerprint density at radius 2 is 2.00 bits per heavy atom. The van der Waals surface area contributed by atoms with Crippen LogP contribution in [-0.2, 0) is 11.3 Å². The van der Waals surface area contributed by atoms with Crippen LogP contribution >= 0.6 is 0 Å². The SMILES string of the molecule is O=C(CCn1cnnn1)N1CCCN(C(=O)c2ccoc2)CC1. The molecule has 0 saturated carbocycles. The van der Waals surface area contributed by atoms with Crippen LogP contribution in [0, 0.1) is 0 Å². The zero-order chi connectivity index (χ0) is 16.1. The van der Waals surface area contributed by atoms with E-state index in [9.17, 15) is 9.59 Å². The third kappa shape index (κ3) is 3.74. The number of carbonyl (C=O) groups excluding carboxylic acids is 2. The Hall–Kier alpha value is -2.71. The normalized spacial score (nSPS) is 15.5. The maximum Gasteiger partial charge on any atom is 0.257 e. The van der Waals surface area contributed by atoms with E-state index in [1.165, 1.54) is 23.5 Å².